The van der Waals surface area contributed by atoms with Gasteiger partial charge in [0.15, 0.2) is 0 Å². The zero-order valence-corrected chi connectivity index (χ0v) is 11.0. The Bertz CT molecular complexity index is 547. The first-order valence-electron chi connectivity index (χ1n) is 5.82. The molecule has 0 heterocycles. The van der Waals surface area contributed by atoms with E-state index in [1.54, 1.807) is 32.9 Å². The summed E-state index contributed by atoms with van der Waals surface area (Å²) in [6.45, 7) is 5.16. The lowest BCUT2D eigenvalue weighted by atomic mass is 9.96. The smallest absolute Gasteiger partial charge is 0.274 e. The monoisotopic (exact) mass is 261 g/mol. The highest BCUT2D eigenvalue weighted by molar-refractivity contribution is 5.94. The van der Waals surface area contributed by atoms with Crippen LogP contribution in [-0.4, -0.2) is 10.8 Å². The van der Waals surface area contributed by atoms with Crippen molar-refractivity contribution in [2.75, 3.05) is 5.32 Å². The van der Waals surface area contributed by atoms with Gasteiger partial charge in [-0.15, -0.1) is 0 Å². The molecule has 1 atom stereocenters. The van der Waals surface area contributed by atoms with E-state index in [-0.39, 0.29) is 11.6 Å². The highest BCUT2D eigenvalue weighted by Gasteiger charge is 2.22. The van der Waals surface area contributed by atoms with E-state index >= 15 is 0 Å². The number of anilines is 1. The van der Waals surface area contributed by atoms with E-state index in [1.165, 1.54) is 6.07 Å². The fourth-order valence-corrected chi connectivity index (χ4v) is 1.61. The van der Waals surface area contributed by atoms with Crippen LogP contribution in [-0.2, 0) is 4.79 Å². The Labute approximate surface area is 111 Å². The molecule has 6 nitrogen and oxygen atoms in total. The minimum absolute atomic E-state index is 0.0594. The molecule has 0 fully saturated rings. The topological polar surface area (TPSA) is 96.0 Å². The number of benzene rings is 1. The highest BCUT2D eigenvalue weighted by Crippen LogP contribution is 2.23. The fraction of sp³-hybridized carbons (Fsp3) is 0.385. The number of carbonyl (C=O) groups is 1. The number of carbonyl (C=O) groups excluding carboxylic acids is 1. The molecule has 1 N–H and O–H groups in total. The van der Waals surface area contributed by atoms with Gasteiger partial charge in [0.25, 0.3) is 5.69 Å². The molecule has 0 spiro atoms. The molecular formula is C13H15N3O3. The Hall–Kier alpha value is -2.42. The summed E-state index contributed by atoms with van der Waals surface area (Å²) in [4.78, 5) is 22.1. The van der Waals surface area contributed by atoms with E-state index in [4.69, 9.17) is 5.26 Å². The zero-order valence-electron chi connectivity index (χ0n) is 11.0. The number of nitro benzene ring substituents is 1. The third-order valence-electron chi connectivity index (χ3n) is 2.76. The molecule has 6 heteroatoms. The van der Waals surface area contributed by atoms with Gasteiger partial charge in [0.2, 0.25) is 5.91 Å². The lowest BCUT2D eigenvalue weighted by Crippen LogP contribution is -2.25. The SMILES string of the molecule is Cc1ccc(NC(=O)C(C#N)C(C)C)cc1[N+](=O)[O-]. The summed E-state index contributed by atoms with van der Waals surface area (Å²) in [6, 6.07) is 6.36. The second kappa shape index (κ2) is 5.96. The molecule has 0 aliphatic rings. The Kier molecular flexibility index (Phi) is 4.59. The summed E-state index contributed by atoms with van der Waals surface area (Å²) in [6.07, 6.45) is 0. The maximum atomic E-state index is 11.8. The molecule has 0 aliphatic carbocycles. The molecule has 0 saturated carbocycles. The number of nitriles is 1. The number of nitro groups is 1. The number of nitrogens with zero attached hydrogens (tertiary/aromatic N) is 2. The second-order valence-electron chi connectivity index (χ2n) is 4.60. The molecule has 0 aliphatic heterocycles. The molecule has 0 radical (unpaired) electrons. The van der Waals surface area contributed by atoms with Gasteiger partial charge < -0.3 is 5.32 Å². The lowest BCUT2D eigenvalue weighted by Gasteiger charge is -2.13. The van der Waals surface area contributed by atoms with Gasteiger partial charge in [0, 0.05) is 17.3 Å². The summed E-state index contributed by atoms with van der Waals surface area (Å²) < 4.78 is 0. The van der Waals surface area contributed by atoms with E-state index in [0.717, 1.165) is 0 Å². The molecule has 19 heavy (non-hydrogen) atoms. The van der Waals surface area contributed by atoms with Crippen LogP contribution in [0.15, 0.2) is 18.2 Å². The summed E-state index contributed by atoms with van der Waals surface area (Å²) in [5.74, 6) is -1.35. The van der Waals surface area contributed by atoms with Crippen LogP contribution in [0.3, 0.4) is 0 Å². The van der Waals surface area contributed by atoms with Gasteiger partial charge >= 0.3 is 0 Å². The van der Waals surface area contributed by atoms with Gasteiger partial charge in [-0.3, -0.25) is 14.9 Å². The summed E-state index contributed by atoms with van der Waals surface area (Å²) in [5, 5.41) is 22.2. The fourth-order valence-electron chi connectivity index (χ4n) is 1.61. The van der Waals surface area contributed by atoms with E-state index in [0.29, 0.717) is 11.3 Å². The first kappa shape index (κ1) is 14.6. The van der Waals surface area contributed by atoms with Gasteiger partial charge in [0.05, 0.1) is 11.0 Å². The van der Waals surface area contributed by atoms with Crippen molar-refractivity contribution < 1.29 is 9.72 Å². The van der Waals surface area contributed by atoms with Crippen LogP contribution in [0.5, 0.6) is 0 Å². The van der Waals surface area contributed by atoms with Crippen molar-refractivity contribution in [1.29, 1.82) is 5.26 Å². The molecule has 1 rings (SSSR count). The van der Waals surface area contributed by atoms with Crippen molar-refractivity contribution in [1.82, 2.24) is 0 Å². The van der Waals surface area contributed by atoms with Gasteiger partial charge in [-0.1, -0.05) is 19.9 Å². The largest absolute Gasteiger partial charge is 0.325 e. The van der Waals surface area contributed by atoms with Crippen molar-refractivity contribution in [3.05, 3.63) is 33.9 Å². The number of aryl methyl sites for hydroxylation is 1. The first-order chi connectivity index (χ1) is 8.86. The van der Waals surface area contributed by atoms with Crippen LogP contribution in [0.4, 0.5) is 11.4 Å². The molecule has 0 bridgehead atoms. The van der Waals surface area contributed by atoms with Crippen LogP contribution in [0.25, 0.3) is 0 Å². The van der Waals surface area contributed by atoms with Gasteiger partial charge in [-0.05, 0) is 18.9 Å². The van der Waals surface area contributed by atoms with Gasteiger partial charge in [0.1, 0.15) is 5.92 Å². The van der Waals surface area contributed by atoms with E-state index in [9.17, 15) is 14.9 Å². The average molecular weight is 261 g/mol. The third-order valence-corrected chi connectivity index (χ3v) is 2.76. The molecule has 0 aromatic heterocycles. The Morgan fingerprint density at radius 2 is 2.11 bits per heavy atom. The summed E-state index contributed by atoms with van der Waals surface area (Å²) in [5.41, 5.74) is 0.780. The number of amides is 1. The molecule has 1 amide bonds. The van der Waals surface area contributed by atoms with Crippen LogP contribution in [0, 0.1) is 40.2 Å². The third kappa shape index (κ3) is 3.52. The van der Waals surface area contributed by atoms with Crippen molar-refractivity contribution in [3.8, 4) is 6.07 Å². The maximum absolute atomic E-state index is 11.8. The van der Waals surface area contributed by atoms with Crippen LogP contribution < -0.4 is 5.32 Å². The minimum atomic E-state index is -0.777. The molecular weight excluding hydrogens is 246 g/mol. The Morgan fingerprint density at radius 3 is 2.58 bits per heavy atom. The van der Waals surface area contributed by atoms with E-state index < -0.39 is 16.7 Å². The van der Waals surface area contributed by atoms with Crippen molar-refractivity contribution >= 4 is 17.3 Å². The quantitative estimate of drug-likeness (QED) is 0.665. The summed E-state index contributed by atoms with van der Waals surface area (Å²) in [7, 11) is 0. The van der Waals surface area contributed by atoms with Crippen molar-refractivity contribution in [3.63, 3.8) is 0 Å². The number of rotatable bonds is 4. The number of hydrogen-bond acceptors (Lipinski definition) is 4. The van der Waals surface area contributed by atoms with Crippen LogP contribution >= 0.6 is 0 Å². The zero-order chi connectivity index (χ0) is 14.6. The molecule has 100 valence electrons. The van der Waals surface area contributed by atoms with E-state index in [1.807, 2.05) is 6.07 Å². The molecule has 1 aromatic carbocycles. The maximum Gasteiger partial charge on any atom is 0.274 e. The number of hydrogen-bond donors (Lipinski definition) is 1. The Morgan fingerprint density at radius 1 is 1.47 bits per heavy atom. The molecule has 0 saturated heterocycles. The Balaban J connectivity index is 2.95. The summed E-state index contributed by atoms with van der Waals surface area (Å²) >= 11 is 0. The normalized spacial score (nSPS) is 11.7. The van der Waals surface area contributed by atoms with Crippen molar-refractivity contribution in [2.45, 2.75) is 20.8 Å². The number of nitrogens with one attached hydrogen (secondary N) is 1. The van der Waals surface area contributed by atoms with Crippen molar-refractivity contribution in [2.24, 2.45) is 11.8 Å². The lowest BCUT2D eigenvalue weighted by molar-refractivity contribution is -0.385. The molecule has 1 unspecified atom stereocenters. The highest BCUT2D eigenvalue weighted by atomic mass is 16.6. The average Bonchev–Trinajstić information content (AvgIpc) is 2.31. The first-order valence-corrected chi connectivity index (χ1v) is 5.82. The van der Waals surface area contributed by atoms with Gasteiger partial charge in [-0.2, -0.15) is 5.26 Å². The predicted molar refractivity (Wildman–Crippen MR) is 70.4 cm³/mol. The van der Waals surface area contributed by atoms with E-state index in [2.05, 4.69) is 5.32 Å². The standard InChI is InChI=1S/C13H15N3O3/c1-8(2)11(7-14)13(17)15-10-5-4-9(3)12(6-10)16(18)19/h4-6,8,11H,1-3H3,(H,15,17). The van der Waals surface area contributed by atoms with Crippen LogP contribution in [0.2, 0.25) is 0 Å². The second-order valence-corrected chi connectivity index (χ2v) is 4.60. The van der Waals surface area contributed by atoms with Crippen LogP contribution in [0.1, 0.15) is 19.4 Å². The van der Waals surface area contributed by atoms with Gasteiger partial charge in [-0.25, -0.2) is 0 Å². The predicted octanol–water partition coefficient (Wildman–Crippen LogP) is 2.64. The minimum Gasteiger partial charge on any atom is -0.325 e. The molecule has 1 aromatic rings.